The number of aromatic nitrogens is 5. The number of fused-ring (bicyclic) bond motifs is 1. The van der Waals surface area contributed by atoms with Gasteiger partial charge >= 0.3 is 0 Å². The van der Waals surface area contributed by atoms with Crippen LogP contribution < -0.4 is 5.32 Å². The Morgan fingerprint density at radius 2 is 1.62 bits per heavy atom. The van der Waals surface area contributed by atoms with Crippen molar-refractivity contribution in [1.82, 2.24) is 25.3 Å². The fourth-order valence-corrected chi connectivity index (χ4v) is 2.69. The van der Waals surface area contributed by atoms with Crippen LogP contribution in [0.1, 0.15) is 17.2 Å². The summed E-state index contributed by atoms with van der Waals surface area (Å²) < 4.78 is 1.42. The van der Waals surface area contributed by atoms with E-state index >= 15 is 0 Å². The Hall–Kier alpha value is -3.28. The minimum absolute atomic E-state index is 0.107. The molecule has 0 bridgehead atoms. The lowest BCUT2D eigenvalue weighted by Gasteiger charge is -2.20. The van der Waals surface area contributed by atoms with Crippen molar-refractivity contribution in [1.29, 1.82) is 0 Å². The maximum atomic E-state index is 4.41. The molecule has 2 heterocycles. The summed E-state index contributed by atoms with van der Waals surface area (Å²) in [6.07, 6.45) is 0.861. The summed E-state index contributed by atoms with van der Waals surface area (Å²) in [4.78, 5) is 0. The number of nitrogens with zero attached hydrogens (tertiary/aromatic N) is 5. The summed E-state index contributed by atoms with van der Waals surface area (Å²) in [5.74, 6) is 0.736. The van der Waals surface area contributed by atoms with Crippen molar-refractivity contribution < 1.29 is 0 Å². The van der Waals surface area contributed by atoms with Crippen molar-refractivity contribution in [3.05, 3.63) is 83.9 Å². The van der Waals surface area contributed by atoms with Gasteiger partial charge in [-0.15, -0.1) is 14.8 Å². The van der Waals surface area contributed by atoms with Gasteiger partial charge in [0.05, 0.1) is 6.04 Å². The third kappa shape index (κ3) is 3.08. The van der Waals surface area contributed by atoms with Gasteiger partial charge < -0.3 is 5.32 Å². The highest BCUT2D eigenvalue weighted by Crippen LogP contribution is 2.22. The van der Waals surface area contributed by atoms with Gasteiger partial charge in [-0.05, 0) is 40.1 Å². The van der Waals surface area contributed by atoms with Crippen molar-refractivity contribution >= 4 is 11.5 Å². The molecule has 0 amide bonds. The van der Waals surface area contributed by atoms with E-state index in [1.165, 1.54) is 15.8 Å². The van der Waals surface area contributed by atoms with Gasteiger partial charge in [0.2, 0.25) is 0 Å². The summed E-state index contributed by atoms with van der Waals surface area (Å²) >= 11 is 0. The normalized spacial score (nSPS) is 12.2. The Balaban J connectivity index is 1.64. The second-order valence-corrected chi connectivity index (χ2v) is 5.54. The topological polar surface area (TPSA) is 68.0 Å². The smallest absolute Gasteiger partial charge is 0.200 e. The van der Waals surface area contributed by atoms with Crippen molar-refractivity contribution in [2.24, 2.45) is 0 Å². The Morgan fingerprint density at radius 3 is 2.42 bits per heavy atom. The second kappa shape index (κ2) is 6.45. The van der Waals surface area contributed by atoms with E-state index in [0.29, 0.717) is 5.65 Å². The largest absolute Gasteiger partial charge is 0.361 e. The van der Waals surface area contributed by atoms with Gasteiger partial charge in [-0.1, -0.05) is 60.7 Å². The zero-order chi connectivity index (χ0) is 16.2. The summed E-state index contributed by atoms with van der Waals surface area (Å²) in [5, 5.41) is 19.3. The maximum Gasteiger partial charge on any atom is 0.200 e. The van der Waals surface area contributed by atoms with Crippen LogP contribution in [0.25, 0.3) is 5.65 Å². The van der Waals surface area contributed by atoms with Crippen LogP contribution in [0, 0.1) is 0 Å². The van der Waals surface area contributed by atoms with Crippen LogP contribution in [-0.4, -0.2) is 25.3 Å². The van der Waals surface area contributed by atoms with Crippen molar-refractivity contribution in [3.63, 3.8) is 0 Å². The monoisotopic (exact) mass is 316 g/mol. The van der Waals surface area contributed by atoms with E-state index in [1.807, 2.05) is 36.4 Å². The van der Waals surface area contributed by atoms with Crippen molar-refractivity contribution in [3.8, 4) is 0 Å². The molecule has 6 heteroatoms. The molecule has 0 aliphatic heterocycles. The van der Waals surface area contributed by atoms with Gasteiger partial charge in [-0.3, -0.25) is 0 Å². The van der Waals surface area contributed by atoms with Crippen LogP contribution in [0.3, 0.4) is 0 Å². The Bertz CT molecular complexity index is 920. The highest BCUT2D eigenvalue weighted by atomic mass is 15.6. The standard InChI is InChI=1S/C18H16N6/c1-3-7-14(8-4-1)13-16(15-9-5-2-6-10-15)19-17-11-12-18-20-22-23-24(18)21-17/h1-12,16H,13H2,(H,19,21)/t16-/m1/s1. The quantitative estimate of drug-likeness (QED) is 0.613. The van der Waals surface area contributed by atoms with Crippen molar-refractivity contribution in [2.75, 3.05) is 5.32 Å². The van der Waals surface area contributed by atoms with Crippen LogP contribution in [0.2, 0.25) is 0 Å². The zero-order valence-electron chi connectivity index (χ0n) is 12.9. The average Bonchev–Trinajstić information content (AvgIpc) is 3.11. The number of hydrogen-bond acceptors (Lipinski definition) is 5. The number of nitrogens with one attached hydrogen (secondary N) is 1. The van der Waals surface area contributed by atoms with Gasteiger partial charge in [0.25, 0.3) is 0 Å². The van der Waals surface area contributed by atoms with Crippen LogP contribution in [0.5, 0.6) is 0 Å². The molecule has 0 aliphatic carbocycles. The third-order valence-electron chi connectivity index (χ3n) is 3.88. The molecule has 0 aliphatic rings. The molecular weight excluding hydrogens is 300 g/mol. The summed E-state index contributed by atoms with van der Waals surface area (Å²) in [7, 11) is 0. The number of benzene rings is 2. The summed E-state index contributed by atoms with van der Waals surface area (Å²) in [5.41, 5.74) is 3.10. The molecule has 0 fully saturated rings. The molecular formula is C18H16N6. The molecule has 1 N–H and O–H groups in total. The van der Waals surface area contributed by atoms with Gasteiger partial charge in [0.1, 0.15) is 5.82 Å². The highest BCUT2D eigenvalue weighted by Gasteiger charge is 2.13. The molecule has 118 valence electrons. The molecule has 24 heavy (non-hydrogen) atoms. The summed E-state index contributed by atoms with van der Waals surface area (Å²) in [6, 6.07) is 24.6. The SMILES string of the molecule is c1ccc(C[C@@H](Nc2ccc3nnnn3n2)c2ccccc2)cc1. The Kier molecular flexibility index (Phi) is 3.85. The number of tetrazole rings is 1. The van der Waals surface area contributed by atoms with Gasteiger partial charge in [0.15, 0.2) is 5.65 Å². The lowest BCUT2D eigenvalue weighted by atomic mass is 9.99. The molecule has 0 radical (unpaired) electrons. The molecule has 0 spiro atoms. The lowest BCUT2D eigenvalue weighted by molar-refractivity contribution is 0.716. The molecule has 0 unspecified atom stereocenters. The minimum Gasteiger partial charge on any atom is -0.361 e. The van der Waals surface area contributed by atoms with E-state index in [0.717, 1.165) is 12.2 Å². The van der Waals surface area contributed by atoms with Crippen LogP contribution in [0.4, 0.5) is 5.82 Å². The van der Waals surface area contributed by atoms with Crippen LogP contribution in [0.15, 0.2) is 72.8 Å². The predicted octanol–water partition coefficient (Wildman–Crippen LogP) is 2.92. The van der Waals surface area contributed by atoms with E-state index in [1.54, 1.807) is 0 Å². The van der Waals surface area contributed by atoms with Crippen molar-refractivity contribution in [2.45, 2.75) is 12.5 Å². The molecule has 1 atom stereocenters. The molecule has 6 nitrogen and oxygen atoms in total. The number of anilines is 1. The number of rotatable bonds is 5. The first kappa shape index (κ1) is 14.3. The fourth-order valence-electron chi connectivity index (χ4n) is 2.69. The zero-order valence-corrected chi connectivity index (χ0v) is 12.9. The Morgan fingerprint density at radius 1 is 0.875 bits per heavy atom. The third-order valence-corrected chi connectivity index (χ3v) is 3.88. The van der Waals surface area contributed by atoms with Crippen LogP contribution in [-0.2, 0) is 6.42 Å². The first-order chi connectivity index (χ1) is 11.9. The predicted molar refractivity (Wildman–Crippen MR) is 91.5 cm³/mol. The molecule has 4 aromatic rings. The molecule has 4 rings (SSSR count). The lowest BCUT2D eigenvalue weighted by Crippen LogP contribution is -2.15. The summed E-state index contributed by atoms with van der Waals surface area (Å²) in [6.45, 7) is 0. The van der Waals surface area contributed by atoms with Gasteiger partial charge in [-0.2, -0.15) is 0 Å². The first-order valence-electron chi connectivity index (χ1n) is 7.79. The number of hydrogen-bond donors (Lipinski definition) is 1. The molecule has 0 saturated heterocycles. The average molecular weight is 316 g/mol. The first-order valence-corrected chi connectivity index (χ1v) is 7.79. The molecule has 0 saturated carbocycles. The minimum atomic E-state index is 0.107. The van der Waals surface area contributed by atoms with E-state index in [2.05, 4.69) is 62.3 Å². The molecule has 2 aromatic heterocycles. The van der Waals surface area contributed by atoms with E-state index < -0.39 is 0 Å². The van der Waals surface area contributed by atoms with E-state index in [-0.39, 0.29) is 6.04 Å². The maximum absolute atomic E-state index is 4.41. The van der Waals surface area contributed by atoms with Gasteiger partial charge in [0, 0.05) is 0 Å². The Labute approximate surface area is 139 Å². The fraction of sp³-hybridized carbons (Fsp3) is 0.111. The van der Waals surface area contributed by atoms with Gasteiger partial charge in [-0.25, -0.2) is 0 Å². The van der Waals surface area contributed by atoms with Crippen LogP contribution >= 0.6 is 0 Å². The molecule has 2 aromatic carbocycles. The van der Waals surface area contributed by atoms with E-state index in [9.17, 15) is 0 Å². The highest BCUT2D eigenvalue weighted by molar-refractivity contribution is 5.44. The van der Waals surface area contributed by atoms with E-state index in [4.69, 9.17) is 0 Å². The second-order valence-electron chi connectivity index (χ2n) is 5.54.